The van der Waals surface area contributed by atoms with Gasteiger partial charge in [0.15, 0.2) is 0 Å². The first-order valence-corrected chi connectivity index (χ1v) is 8.74. The van der Waals surface area contributed by atoms with Crippen molar-refractivity contribution in [2.45, 2.75) is 39.2 Å². The quantitative estimate of drug-likeness (QED) is 0.530. The highest BCUT2D eigenvalue weighted by molar-refractivity contribution is 5.65. The summed E-state index contributed by atoms with van der Waals surface area (Å²) in [6, 6.07) is 15.5. The molecule has 0 bridgehead atoms. The van der Waals surface area contributed by atoms with E-state index in [2.05, 4.69) is 36.3 Å². The maximum Gasteiger partial charge on any atom is 0.115 e. The zero-order valence-corrected chi connectivity index (χ0v) is 14.5. The molecule has 0 amide bonds. The van der Waals surface area contributed by atoms with Crippen molar-refractivity contribution in [3.8, 4) is 5.75 Å². The molecule has 0 aliphatic carbocycles. The van der Waals surface area contributed by atoms with Crippen LogP contribution in [0.3, 0.4) is 0 Å². The van der Waals surface area contributed by atoms with Crippen molar-refractivity contribution in [2.75, 3.05) is 11.9 Å². The molecule has 24 heavy (non-hydrogen) atoms. The van der Waals surface area contributed by atoms with Crippen molar-refractivity contribution in [1.29, 1.82) is 0 Å². The van der Waals surface area contributed by atoms with E-state index in [0.29, 0.717) is 12.3 Å². The molecule has 128 valence electrons. The highest BCUT2D eigenvalue weighted by atomic mass is 16.3. The normalized spacial score (nSPS) is 10.4. The van der Waals surface area contributed by atoms with E-state index in [0.717, 1.165) is 29.1 Å². The van der Waals surface area contributed by atoms with Crippen LogP contribution >= 0.6 is 0 Å². The van der Waals surface area contributed by atoms with Crippen molar-refractivity contribution in [1.82, 2.24) is 5.32 Å². The summed E-state index contributed by atoms with van der Waals surface area (Å²) in [7, 11) is 0. The maximum atomic E-state index is 9.52. The molecule has 0 saturated heterocycles. The third-order valence-electron chi connectivity index (χ3n) is 3.99. The predicted octanol–water partition coefficient (Wildman–Crippen LogP) is 5.14. The van der Waals surface area contributed by atoms with Crippen LogP contribution in [-0.2, 0) is 6.54 Å². The second kappa shape index (κ2) is 9.66. The smallest absolute Gasteiger partial charge is 0.115 e. The van der Waals surface area contributed by atoms with Crippen LogP contribution in [0.5, 0.6) is 5.75 Å². The molecule has 0 unspecified atom stereocenters. The summed E-state index contributed by atoms with van der Waals surface area (Å²) in [5.74, 6) is 0.295. The van der Waals surface area contributed by atoms with Crippen LogP contribution in [0.4, 0.5) is 5.69 Å². The number of aromatic hydroxyl groups is 1. The SMILES string of the molecule is C=C(NCCCCCC)c1cccc(NCc2cccc(O)c2)c1. The van der Waals surface area contributed by atoms with Crippen LogP contribution in [0, 0.1) is 0 Å². The van der Waals surface area contributed by atoms with Gasteiger partial charge in [-0.1, -0.05) is 57.0 Å². The van der Waals surface area contributed by atoms with E-state index in [1.165, 1.54) is 25.7 Å². The first-order chi connectivity index (χ1) is 11.7. The number of anilines is 1. The Morgan fingerprint density at radius 1 is 1.04 bits per heavy atom. The first kappa shape index (κ1) is 17.9. The van der Waals surface area contributed by atoms with E-state index >= 15 is 0 Å². The number of hydrogen-bond donors (Lipinski definition) is 3. The largest absolute Gasteiger partial charge is 0.508 e. The van der Waals surface area contributed by atoms with Crippen molar-refractivity contribution >= 4 is 11.4 Å². The van der Waals surface area contributed by atoms with Gasteiger partial charge in [-0.3, -0.25) is 0 Å². The van der Waals surface area contributed by atoms with Crippen molar-refractivity contribution < 1.29 is 5.11 Å². The minimum atomic E-state index is 0.295. The van der Waals surface area contributed by atoms with Crippen LogP contribution in [-0.4, -0.2) is 11.7 Å². The molecule has 2 aromatic carbocycles. The van der Waals surface area contributed by atoms with Crippen LogP contribution in [0.25, 0.3) is 5.70 Å². The van der Waals surface area contributed by atoms with E-state index < -0.39 is 0 Å². The fourth-order valence-electron chi connectivity index (χ4n) is 2.58. The lowest BCUT2D eigenvalue weighted by Gasteiger charge is -2.12. The predicted molar refractivity (Wildman–Crippen MR) is 103 cm³/mol. The van der Waals surface area contributed by atoms with Gasteiger partial charge in [0, 0.05) is 24.5 Å². The molecule has 0 saturated carbocycles. The molecule has 0 aliphatic rings. The molecule has 0 heterocycles. The average Bonchev–Trinajstić information content (AvgIpc) is 2.60. The number of hydrogen-bond acceptors (Lipinski definition) is 3. The summed E-state index contributed by atoms with van der Waals surface area (Å²) in [6.07, 6.45) is 5.00. The Hall–Kier alpha value is -2.42. The van der Waals surface area contributed by atoms with E-state index in [1.54, 1.807) is 12.1 Å². The Labute approximate surface area is 145 Å². The molecule has 0 spiro atoms. The Kier molecular flexibility index (Phi) is 7.21. The van der Waals surface area contributed by atoms with E-state index in [-0.39, 0.29) is 0 Å². The summed E-state index contributed by atoms with van der Waals surface area (Å²) in [6.45, 7) is 8.01. The minimum absolute atomic E-state index is 0.295. The van der Waals surface area contributed by atoms with Crippen LogP contribution in [0.15, 0.2) is 55.1 Å². The van der Waals surface area contributed by atoms with Crippen LogP contribution in [0.1, 0.15) is 43.7 Å². The lowest BCUT2D eigenvalue weighted by molar-refractivity contribution is 0.474. The van der Waals surface area contributed by atoms with Crippen molar-refractivity contribution in [3.63, 3.8) is 0 Å². The lowest BCUT2D eigenvalue weighted by Crippen LogP contribution is -2.13. The zero-order chi connectivity index (χ0) is 17.2. The highest BCUT2D eigenvalue weighted by Gasteiger charge is 2.01. The number of phenols is 1. The molecule has 0 aromatic heterocycles. The fraction of sp³-hybridized carbons (Fsp3) is 0.333. The first-order valence-electron chi connectivity index (χ1n) is 8.74. The van der Waals surface area contributed by atoms with E-state index in [1.807, 2.05) is 24.3 Å². The molecule has 0 fully saturated rings. The Morgan fingerprint density at radius 3 is 2.67 bits per heavy atom. The minimum Gasteiger partial charge on any atom is -0.508 e. The Balaban J connectivity index is 1.85. The summed E-state index contributed by atoms with van der Waals surface area (Å²) in [5, 5.41) is 16.3. The molecule has 3 heteroatoms. The zero-order valence-electron chi connectivity index (χ0n) is 14.5. The van der Waals surface area contributed by atoms with Crippen molar-refractivity contribution in [3.05, 3.63) is 66.2 Å². The molecule has 3 nitrogen and oxygen atoms in total. The summed E-state index contributed by atoms with van der Waals surface area (Å²) in [5.41, 5.74) is 4.16. The molecule has 0 radical (unpaired) electrons. The molecule has 2 rings (SSSR count). The van der Waals surface area contributed by atoms with E-state index in [9.17, 15) is 5.11 Å². The van der Waals surface area contributed by atoms with E-state index in [4.69, 9.17) is 0 Å². The van der Waals surface area contributed by atoms with Crippen LogP contribution < -0.4 is 10.6 Å². The molecular formula is C21H28N2O. The standard InChI is InChI=1S/C21H28N2O/c1-3-4-5-6-13-22-17(2)19-10-8-11-20(15-19)23-16-18-9-7-12-21(24)14-18/h7-12,14-15,22-24H,2-6,13,16H2,1H3. The highest BCUT2D eigenvalue weighted by Crippen LogP contribution is 2.18. The van der Waals surface area contributed by atoms with Gasteiger partial charge in [-0.15, -0.1) is 0 Å². The van der Waals surface area contributed by atoms with Gasteiger partial charge >= 0.3 is 0 Å². The number of unbranched alkanes of at least 4 members (excludes halogenated alkanes) is 3. The number of phenolic OH excluding ortho intramolecular Hbond substituents is 1. The summed E-state index contributed by atoms with van der Waals surface area (Å²) < 4.78 is 0. The fourth-order valence-corrected chi connectivity index (χ4v) is 2.58. The maximum absolute atomic E-state index is 9.52. The monoisotopic (exact) mass is 324 g/mol. The third-order valence-corrected chi connectivity index (χ3v) is 3.99. The van der Waals surface area contributed by atoms with Gasteiger partial charge in [0.1, 0.15) is 5.75 Å². The van der Waals surface area contributed by atoms with Gasteiger partial charge in [0.2, 0.25) is 0 Å². The molecule has 0 aliphatic heterocycles. The number of benzene rings is 2. The van der Waals surface area contributed by atoms with Crippen molar-refractivity contribution in [2.24, 2.45) is 0 Å². The van der Waals surface area contributed by atoms with Gasteiger partial charge in [0.05, 0.1) is 0 Å². The Morgan fingerprint density at radius 2 is 1.88 bits per heavy atom. The number of rotatable bonds is 10. The molecular weight excluding hydrogens is 296 g/mol. The molecule has 0 atom stereocenters. The second-order valence-electron chi connectivity index (χ2n) is 6.07. The van der Waals surface area contributed by atoms with Gasteiger partial charge in [-0.05, 0) is 41.8 Å². The van der Waals surface area contributed by atoms with Gasteiger partial charge < -0.3 is 15.7 Å². The summed E-state index contributed by atoms with van der Waals surface area (Å²) in [4.78, 5) is 0. The van der Waals surface area contributed by atoms with Gasteiger partial charge in [-0.25, -0.2) is 0 Å². The average molecular weight is 324 g/mol. The second-order valence-corrected chi connectivity index (χ2v) is 6.07. The molecule has 2 aromatic rings. The van der Waals surface area contributed by atoms with Gasteiger partial charge in [0.25, 0.3) is 0 Å². The lowest BCUT2D eigenvalue weighted by atomic mass is 10.1. The van der Waals surface area contributed by atoms with Crippen LogP contribution in [0.2, 0.25) is 0 Å². The summed E-state index contributed by atoms with van der Waals surface area (Å²) >= 11 is 0. The van der Waals surface area contributed by atoms with Gasteiger partial charge in [-0.2, -0.15) is 0 Å². The number of nitrogens with one attached hydrogen (secondary N) is 2. The molecule has 3 N–H and O–H groups in total. The topological polar surface area (TPSA) is 44.3 Å². The Bertz CT molecular complexity index is 652. The third kappa shape index (κ3) is 5.99.